The molecule has 2 aromatic rings. The van der Waals surface area contributed by atoms with E-state index in [1.165, 1.54) is 0 Å². The number of pyridine rings is 1. The van der Waals surface area contributed by atoms with Crippen LogP contribution in [-0.2, 0) is 4.74 Å². The molecule has 1 aliphatic rings. The molecule has 3 rings (SSSR count). The first-order valence-electron chi connectivity index (χ1n) is 10.3. The molecule has 0 saturated carbocycles. The number of rotatable bonds is 3. The van der Waals surface area contributed by atoms with Gasteiger partial charge >= 0.3 is 6.09 Å². The number of carbonyl (C=O) groups is 1. The average molecular weight is 482 g/mol. The van der Waals surface area contributed by atoms with Gasteiger partial charge in [0.25, 0.3) is 0 Å². The van der Waals surface area contributed by atoms with Crippen LogP contribution < -0.4 is 11.1 Å². The van der Waals surface area contributed by atoms with Crippen LogP contribution in [0, 0.1) is 0 Å². The Morgan fingerprint density at radius 2 is 1.77 bits per heavy atom. The van der Waals surface area contributed by atoms with Gasteiger partial charge in [-0.15, -0.1) is 0 Å². The van der Waals surface area contributed by atoms with Crippen molar-refractivity contribution in [2.24, 2.45) is 0 Å². The number of nitrogens with zero attached hydrogens (tertiary/aromatic N) is 3. The van der Waals surface area contributed by atoms with Gasteiger partial charge in [-0.1, -0.05) is 48.0 Å². The van der Waals surface area contributed by atoms with Crippen LogP contribution >= 0.6 is 15.9 Å². The predicted molar refractivity (Wildman–Crippen MR) is 130 cm³/mol. The number of carbonyl (C=O) groups excluding carboxylic acids is 1. The zero-order valence-corrected chi connectivity index (χ0v) is 20.6. The smallest absolute Gasteiger partial charge is 0.410 e. The summed E-state index contributed by atoms with van der Waals surface area (Å²) in [6.45, 7) is 13.2. The number of hydrogen-bond donors (Lipinski definition) is 2. The van der Waals surface area contributed by atoms with Gasteiger partial charge < -0.3 is 20.7 Å². The van der Waals surface area contributed by atoms with Crippen molar-refractivity contribution in [1.29, 1.82) is 0 Å². The summed E-state index contributed by atoms with van der Waals surface area (Å²) in [7, 11) is 0. The summed E-state index contributed by atoms with van der Waals surface area (Å²) >= 11 is 2.94. The first-order chi connectivity index (χ1) is 14.3. The van der Waals surface area contributed by atoms with E-state index in [0.29, 0.717) is 25.4 Å². The molecule has 1 fully saturated rings. The minimum absolute atomic E-state index is 0.241. The molecule has 3 N–H and O–H groups in total. The van der Waals surface area contributed by atoms with Gasteiger partial charge in [0.2, 0.25) is 0 Å². The van der Waals surface area contributed by atoms with E-state index in [2.05, 4.69) is 31.1 Å². The molecule has 1 saturated heterocycles. The molecule has 0 unspecified atom stereocenters. The summed E-state index contributed by atoms with van der Waals surface area (Å²) in [6.07, 6.45) is 1.44. The largest absolute Gasteiger partial charge is 0.444 e. The molecule has 0 radical (unpaired) electrons. The maximum atomic E-state index is 12.1. The van der Waals surface area contributed by atoms with Gasteiger partial charge in [-0.05, 0) is 32.7 Å². The zero-order chi connectivity index (χ0) is 22.7. The van der Waals surface area contributed by atoms with E-state index < -0.39 is 5.60 Å². The Bertz CT molecular complexity index is 787. The SMILES string of the molecule is CBr.CC.CC(C)(C)OC(=O)N1CCN(CNc2c(N)cnc3ccccc23)CC1. The van der Waals surface area contributed by atoms with E-state index in [1.54, 1.807) is 11.1 Å². The zero-order valence-electron chi connectivity index (χ0n) is 19.0. The lowest BCUT2D eigenvalue weighted by Crippen LogP contribution is -2.51. The number of ether oxygens (including phenoxy) is 1. The van der Waals surface area contributed by atoms with Crippen molar-refractivity contribution in [3.8, 4) is 0 Å². The third-order valence-corrected chi connectivity index (χ3v) is 4.31. The lowest BCUT2D eigenvalue weighted by molar-refractivity contribution is 0.0151. The second-order valence-corrected chi connectivity index (χ2v) is 7.53. The van der Waals surface area contributed by atoms with Gasteiger partial charge in [0.1, 0.15) is 5.60 Å². The number of benzene rings is 1. The number of anilines is 2. The normalized spacial score (nSPS) is 14.2. The molecule has 168 valence electrons. The van der Waals surface area contributed by atoms with E-state index >= 15 is 0 Å². The van der Waals surface area contributed by atoms with Crippen LogP contribution in [0.25, 0.3) is 10.9 Å². The van der Waals surface area contributed by atoms with Crippen molar-refractivity contribution in [3.63, 3.8) is 0 Å². The Morgan fingerprint density at radius 3 is 2.37 bits per heavy atom. The van der Waals surface area contributed by atoms with Gasteiger partial charge in [-0.25, -0.2) is 4.79 Å². The number of nitrogens with one attached hydrogen (secondary N) is 1. The van der Waals surface area contributed by atoms with Gasteiger partial charge in [-0.2, -0.15) is 0 Å². The Morgan fingerprint density at radius 1 is 1.17 bits per heavy atom. The fourth-order valence-electron chi connectivity index (χ4n) is 2.96. The summed E-state index contributed by atoms with van der Waals surface area (Å²) in [5.74, 6) is 1.81. The summed E-state index contributed by atoms with van der Waals surface area (Å²) in [5.41, 5.74) is 8.11. The number of halogens is 1. The molecule has 1 amide bonds. The molecule has 0 bridgehead atoms. The quantitative estimate of drug-likeness (QED) is 0.613. The molecule has 2 heterocycles. The Balaban J connectivity index is 0.00000106. The monoisotopic (exact) mass is 481 g/mol. The first kappa shape index (κ1) is 26.0. The molecule has 7 nitrogen and oxygen atoms in total. The van der Waals surface area contributed by atoms with E-state index in [-0.39, 0.29) is 6.09 Å². The van der Waals surface area contributed by atoms with Crippen LogP contribution in [0.5, 0.6) is 0 Å². The van der Waals surface area contributed by atoms with Gasteiger partial charge in [0, 0.05) is 31.6 Å². The summed E-state index contributed by atoms with van der Waals surface area (Å²) in [4.78, 5) is 20.5. The number of nitrogens with two attached hydrogens (primary N) is 1. The maximum absolute atomic E-state index is 12.1. The number of para-hydroxylation sites is 1. The average Bonchev–Trinajstić information content (AvgIpc) is 2.75. The number of piperazine rings is 1. The first-order valence-corrected chi connectivity index (χ1v) is 11.9. The second-order valence-electron chi connectivity index (χ2n) is 7.53. The highest BCUT2D eigenvalue weighted by Gasteiger charge is 2.25. The van der Waals surface area contributed by atoms with Crippen LogP contribution in [0.15, 0.2) is 30.5 Å². The molecule has 30 heavy (non-hydrogen) atoms. The van der Waals surface area contributed by atoms with Crippen molar-refractivity contribution >= 4 is 44.3 Å². The minimum atomic E-state index is -0.463. The number of fused-ring (bicyclic) bond motifs is 1. The third-order valence-electron chi connectivity index (χ3n) is 4.31. The van der Waals surface area contributed by atoms with Crippen molar-refractivity contribution in [3.05, 3.63) is 30.5 Å². The molecular weight excluding hydrogens is 446 g/mol. The predicted octanol–water partition coefficient (Wildman–Crippen LogP) is 4.78. The summed E-state index contributed by atoms with van der Waals surface area (Å²) < 4.78 is 5.44. The van der Waals surface area contributed by atoms with Crippen LogP contribution in [0.2, 0.25) is 0 Å². The maximum Gasteiger partial charge on any atom is 0.410 e. The molecule has 0 spiro atoms. The van der Waals surface area contributed by atoms with Crippen LogP contribution in [0.3, 0.4) is 0 Å². The number of amides is 1. The Hall–Kier alpha value is -2.06. The Labute approximate surface area is 189 Å². The number of aromatic nitrogens is 1. The molecule has 1 aromatic heterocycles. The highest BCUT2D eigenvalue weighted by Crippen LogP contribution is 2.27. The van der Waals surface area contributed by atoms with Crippen molar-refractivity contribution < 1.29 is 9.53 Å². The molecule has 8 heteroatoms. The van der Waals surface area contributed by atoms with Gasteiger partial charge in [-0.3, -0.25) is 9.88 Å². The van der Waals surface area contributed by atoms with E-state index in [0.717, 1.165) is 29.7 Å². The number of nitrogen functional groups attached to an aromatic ring is 1. The lowest BCUT2D eigenvalue weighted by Gasteiger charge is -2.35. The molecule has 0 atom stereocenters. The molecule has 1 aromatic carbocycles. The molecule has 0 aliphatic carbocycles. The minimum Gasteiger partial charge on any atom is -0.444 e. The fraction of sp³-hybridized carbons (Fsp3) is 0.545. The number of alkyl halides is 1. The fourth-order valence-corrected chi connectivity index (χ4v) is 2.96. The lowest BCUT2D eigenvalue weighted by atomic mass is 10.1. The molecular formula is C22H36BrN5O2. The van der Waals surface area contributed by atoms with E-state index in [1.807, 2.05) is 64.7 Å². The standard InChI is InChI=1S/C19H27N5O2.C2H6.CH3Br/c1-19(2,3)26-18(25)24-10-8-23(9-11-24)13-22-17-14-6-4-5-7-16(14)21-12-15(17)20;2*1-2/h4-7,12H,8-11,13,20H2,1-3H3,(H,21,22);1-2H3;1H3. The van der Waals surface area contributed by atoms with Gasteiger partial charge in [0.15, 0.2) is 0 Å². The highest BCUT2D eigenvalue weighted by molar-refractivity contribution is 9.08. The van der Waals surface area contributed by atoms with Crippen LogP contribution in [-0.4, -0.2) is 65.2 Å². The highest BCUT2D eigenvalue weighted by atomic mass is 79.9. The summed E-state index contributed by atoms with van der Waals surface area (Å²) in [6, 6.07) is 7.93. The van der Waals surface area contributed by atoms with Crippen molar-refractivity contribution in [1.82, 2.24) is 14.8 Å². The van der Waals surface area contributed by atoms with Crippen LogP contribution in [0.4, 0.5) is 16.2 Å². The third kappa shape index (κ3) is 7.65. The van der Waals surface area contributed by atoms with Gasteiger partial charge in [0.05, 0.1) is 29.8 Å². The van der Waals surface area contributed by atoms with Crippen molar-refractivity contribution in [2.75, 3.05) is 49.7 Å². The second kappa shape index (κ2) is 12.6. The Kier molecular flexibility index (Phi) is 10.9. The van der Waals surface area contributed by atoms with Crippen molar-refractivity contribution in [2.45, 2.75) is 40.2 Å². The molecule has 1 aliphatic heterocycles. The van der Waals surface area contributed by atoms with Crippen LogP contribution in [0.1, 0.15) is 34.6 Å². The summed E-state index contributed by atoms with van der Waals surface area (Å²) in [5, 5.41) is 4.45. The topological polar surface area (TPSA) is 83.7 Å². The van der Waals surface area contributed by atoms with E-state index in [4.69, 9.17) is 10.5 Å². The van der Waals surface area contributed by atoms with E-state index in [9.17, 15) is 4.79 Å². The number of hydrogen-bond acceptors (Lipinski definition) is 6.